The molecule has 0 spiro atoms. The molecule has 15 heavy (non-hydrogen) atoms. The van der Waals surface area contributed by atoms with Crippen molar-refractivity contribution in [1.82, 2.24) is 10.2 Å². The van der Waals surface area contributed by atoms with Gasteiger partial charge >= 0.3 is 0 Å². The summed E-state index contributed by atoms with van der Waals surface area (Å²) in [6.07, 6.45) is 5.49. The Morgan fingerprint density at radius 1 is 1.33 bits per heavy atom. The van der Waals surface area contributed by atoms with E-state index in [0.717, 1.165) is 12.1 Å². The molecule has 1 aliphatic heterocycles. The molecule has 88 valence electrons. The third-order valence-electron chi connectivity index (χ3n) is 3.46. The lowest BCUT2D eigenvalue weighted by Gasteiger charge is -2.29. The molecule has 2 rings (SSSR count). The first-order chi connectivity index (χ1) is 7.40. The van der Waals surface area contributed by atoms with Crippen molar-refractivity contribution in [3.05, 3.63) is 0 Å². The largest absolute Gasteiger partial charge is 0.312 e. The summed E-state index contributed by atoms with van der Waals surface area (Å²) in [7, 11) is 0. The molecule has 1 aliphatic carbocycles. The first-order valence-corrected chi connectivity index (χ1v) is 7.61. The van der Waals surface area contributed by atoms with Gasteiger partial charge in [-0.15, -0.1) is 0 Å². The predicted molar refractivity (Wildman–Crippen MR) is 68.6 cm³/mol. The van der Waals surface area contributed by atoms with E-state index < -0.39 is 0 Å². The highest BCUT2D eigenvalue weighted by Crippen LogP contribution is 2.19. The Balaban J connectivity index is 1.74. The molecule has 0 amide bonds. The number of nitrogens with one attached hydrogen (secondary N) is 1. The lowest BCUT2D eigenvalue weighted by molar-refractivity contribution is 0.200. The fourth-order valence-electron chi connectivity index (χ4n) is 2.25. The number of hydrogen-bond donors (Lipinski definition) is 1. The molecule has 1 atom stereocenters. The highest BCUT2D eigenvalue weighted by molar-refractivity contribution is 7.99. The number of nitrogens with zero attached hydrogens (tertiary/aromatic N) is 1. The SMILES string of the molecule is CCC(CNC1CC1)N1CCCSCC1. The van der Waals surface area contributed by atoms with Crippen LogP contribution in [0.4, 0.5) is 0 Å². The number of thioether (sulfide) groups is 1. The minimum absolute atomic E-state index is 0.782. The van der Waals surface area contributed by atoms with Crippen LogP contribution in [0.1, 0.15) is 32.6 Å². The molecule has 0 radical (unpaired) electrons. The zero-order chi connectivity index (χ0) is 10.5. The number of rotatable bonds is 5. The van der Waals surface area contributed by atoms with E-state index in [1.807, 2.05) is 0 Å². The van der Waals surface area contributed by atoms with Crippen LogP contribution in [0.3, 0.4) is 0 Å². The van der Waals surface area contributed by atoms with Crippen molar-refractivity contribution >= 4 is 11.8 Å². The van der Waals surface area contributed by atoms with Gasteiger partial charge in [0.05, 0.1) is 0 Å². The normalized spacial score (nSPS) is 26.2. The Kier molecular flexibility index (Phi) is 4.79. The fourth-order valence-corrected chi connectivity index (χ4v) is 3.15. The maximum absolute atomic E-state index is 3.68. The van der Waals surface area contributed by atoms with Crippen molar-refractivity contribution in [2.45, 2.75) is 44.7 Å². The van der Waals surface area contributed by atoms with Crippen LogP contribution in [0.25, 0.3) is 0 Å². The molecule has 2 nitrogen and oxygen atoms in total. The maximum Gasteiger partial charge on any atom is 0.0218 e. The highest BCUT2D eigenvalue weighted by atomic mass is 32.2. The summed E-state index contributed by atoms with van der Waals surface area (Å²) in [5, 5.41) is 3.68. The van der Waals surface area contributed by atoms with E-state index in [9.17, 15) is 0 Å². The average molecular weight is 228 g/mol. The van der Waals surface area contributed by atoms with E-state index in [2.05, 4.69) is 28.9 Å². The Morgan fingerprint density at radius 2 is 2.20 bits per heavy atom. The van der Waals surface area contributed by atoms with Gasteiger partial charge in [0.15, 0.2) is 0 Å². The monoisotopic (exact) mass is 228 g/mol. The second-order valence-corrected chi connectivity index (χ2v) is 5.97. The lowest BCUT2D eigenvalue weighted by Crippen LogP contribution is -2.43. The van der Waals surface area contributed by atoms with Crippen LogP contribution < -0.4 is 5.32 Å². The van der Waals surface area contributed by atoms with E-state index in [-0.39, 0.29) is 0 Å². The van der Waals surface area contributed by atoms with E-state index in [1.54, 1.807) is 0 Å². The van der Waals surface area contributed by atoms with Crippen LogP contribution in [0.15, 0.2) is 0 Å². The summed E-state index contributed by atoms with van der Waals surface area (Å²) in [5.74, 6) is 2.70. The molecule has 1 saturated carbocycles. The molecule has 1 heterocycles. The summed E-state index contributed by atoms with van der Waals surface area (Å²) in [5.41, 5.74) is 0. The molecular weight excluding hydrogens is 204 g/mol. The van der Waals surface area contributed by atoms with Gasteiger partial charge in [-0.2, -0.15) is 11.8 Å². The lowest BCUT2D eigenvalue weighted by atomic mass is 10.1. The minimum Gasteiger partial charge on any atom is -0.312 e. The summed E-state index contributed by atoms with van der Waals surface area (Å²) in [6.45, 7) is 6.16. The fraction of sp³-hybridized carbons (Fsp3) is 1.00. The van der Waals surface area contributed by atoms with Crippen LogP contribution in [0.2, 0.25) is 0 Å². The Labute approximate surface area is 98.2 Å². The van der Waals surface area contributed by atoms with Crippen LogP contribution in [0, 0.1) is 0 Å². The molecule has 0 aromatic rings. The van der Waals surface area contributed by atoms with Gasteiger partial charge in [0.25, 0.3) is 0 Å². The van der Waals surface area contributed by atoms with Gasteiger partial charge in [-0.3, -0.25) is 4.90 Å². The van der Waals surface area contributed by atoms with E-state index >= 15 is 0 Å². The third kappa shape index (κ3) is 3.97. The molecule has 0 bridgehead atoms. The molecule has 1 unspecified atom stereocenters. The van der Waals surface area contributed by atoms with Gasteiger partial charge in [0, 0.05) is 30.9 Å². The number of hydrogen-bond acceptors (Lipinski definition) is 3. The second-order valence-electron chi connectivity index (χ2n) is 4.75. The smallest absolute Gasteiger partial charge is 0.0218 e. The van der Waals surface area contributed by atoms with Gasteiger partial charge < -0.3 is 5.32 Å². The van der Waals surface area contributed by atoms with Crippen LogP contribution in [-0.2, 0) is 0 Å². The van der Waals surface area contributed by atoms with Crippen molar-refractivity contribution in [3.63, 3.8) is 0 Å². The Hall–Kier alpha value is 0.270. The predicted octanol–water partition coefficient (Wildman–Crippen LogP) is 1.96. The zero-order valence-corrected chi connectivity index (χ0v) is 10.7. The standard InChI is InChI=1S/C12H24N2S/c1-2-12(10-13-11-4-5-11)14-6-3-8-15-9-7-14/h11-13H,2-10H2,1H3. The Morgan fingerprint density at radius 3 is 2.93 bits per heavy atom. The summed E-state index contributed by atoms with van der Waals surface area (Å²) in [4.78, 5) is 2.70. The molecule has 2 aliphatic rings. The quantitative estimate of drug-likeness (QED) is 0.774. The van der Waals surface area contributed by atoms with Gasteiger partial charge in [-0.05, 0) is 38.0 Å². The van der Waals surface area contributed by atoms with Crippen molar-refractivity contribution < 1.29 is 0 Å². The molecule has 0 aromatic heterocycles. The average Bonchev–Trinajstić information content (AvgIpc) is 3.05. The van der Waals surface area contributed by atoms with Crippen molar-refractivity contribution in [1.29, 1.82) is 0 Å². The third-order valence-corrected chi connectivity index (χ3v) is 4.51. The van der Waals surface area contributed by atoms with Crippen LogP contribution in [-0.4, -0.2) is 48.1 Å². The highest BCUT2D eigenvalue weighted by Gasteiger charge is 2.24. The first kappa shape index (κ1) is 11.7. The van der Waals surface area contributed by atoms with Gasteiger partial charge in [0.2, 0.25) is 0 Å². The second kappa shape index (κ2) is 6.12. The Bertz CT molecular complexity index is 174. The van der Waals surface area contributed by atoms with Crippen LogP contribution in [0.5, 0.6) is 0 Å². The maximum atomic E-state index is 3.68. The molecule has 1 saturated heterocycles. The van der Waals surface area contributed by atoms with Gasteiger partial charge in [-0.25, -0.2) is 0 Å². The van der Waals surface area contributed by atoms with E-state index in [0.29, 0.717) is 0 Å². The molecule has 1 N–H and O–H groups in total. The zero-order valence-electron chi connectivity index (χ0n) is 9.87. The van der Waals surface area contributed by atoms with Gasteiger partial charge in [-0.1, -0.05) is 6.92 Å². The molecular formula is C12H24N2S. The van der Waals surface area contributed by atoms with E-state index in [1.165, 1.54) is 56.8 Å². The summed E-state index contributed by atoms with van der Waals surface area (Å²) >= 11 is 2.12. The summed E-state index contributed by atoms with van der Waals surface area (Å²) in [6, 6.07) is 1.64. The van der Waals surface area contributed by atoms with Crippen molar-refractivity contribution in [3.8, 4) is 0 Å². The molecule has 0 aromatic carbocycles. The molecule has 2 fully saturated rings. The van der Waals surface area contributed by atoms with E-state index in [4.69, 9.17) is 0 Å². The molecule has 3 heteroatoms. The van der Waals surface area contributed by atoms with Crippen LogP contribution >= 0.6 is 11.8 Å². The topological polar surface area (TPSA) is 15.3 Å². The minimum atomic E-state index is 0.782. The summed E-state index contributed by atoms with van der Waals surface area (Å²) < 4.78 is 0. The van der Waals surface area contributed by atoms with Crippen molar-refractivity contribution in [2.24, 2.45) is 0 Å². The van der Waals surface area contributed by atoms with Gasteiger partial charge in [0.1, 0.15) is 0 Å². The van der Waals surface area contributed by atoms with Crippen molar-refractivity contribution in [2.75, 3.05) is 31.1 Å². The first-order valence-electron chi connectivity index (χ1n) is 6.45.